The SMILES string of the molecule is CCCn1nc2n(c1=O)CCC(NC(=O)c1cc(Cl)c(OC)c(OC)c1OC)CC2. The van der Waals surface area contributed by atoms with E-state index in [0.717, 1.165) is 12.2 Å². The maximum Gasteiger partial charge on any atom is 0.345 e. The number of hydrogen-bond acceptors (Lipinski definition) is 6. The fraction of sp³-hybridized carbons (Fsp3) is 0.550. The highest BCUT2D eigenvalue weighted by Gasteiger charge is 2.27. The fourth-order valence-electron chi connectivity index (χ4n) is 3.73. The van der Waals surface area contributed by atoms with Gasteiger partial charge in [0.05, 0.1) is 31.9 Å². The minimum atomic E-state index is -0.331. The van der Waals surface area contributed by atoms with Crippen molar-refractivity contribution in [2.24, 2.45) is 0 Å². The van der Waals surface area contributed by atoms with Gasteiger partial charge in [0.25, 0.3) is 5.91 Å². The first-order valence-corrected chi connectivity index (χ1v) is 10.3. The van der Waals surface area contributed by atoms with Gasteiger partial charge in [-0.05, 0) is 25.3 Å². The summed E-state index contributed by atoms with van der Waals surface area (Å²) in [7, 11) is 4.37. The highest BCUT2D eigenvalue weighted by molar-refractivity contribution is 6.33. The Balaban J connectivity index is 1.79. The van der Waals surface area contributed by atoms with Crippen molar-refractivity contribution < 1.29 is 19.0 Å². The molecule has 0 aliphatic carbocycles. The van der Waals surface area contributed by atoms with Crippen LogP contribution in [0.5, 0.6) is 17.2 Å². The van der Waals surface area contributed by atoms with Crippen LogP contribution in [-0.4, -0.2) is 47.6 Å². The van der Waals surface area contributed by atoms with E-state index >= 15 is 0 Å². The number of ether oxygens (including phenoxy) is 3. The van der Waals surface area contributed by atoms with Crippen molar-refractivity contribution in [1.82, 2.24) is 19.7 Å². The van der Waals surface area contributed by atoms with Crippen LogP contribution in [0.3, 0.4) is 0 Å². The molecule has 3 rings (SSSR count). The second kappa shape index (κ2) is 9.42. The zero-order valence-corrected chi connectivity index (χ0v) is 18.4. The van der Waals surface area contributed by atoms with Crippen molar-refractivity contribution >= 4 is 17.5 Å². The largest absolute Gasteiger partial charge is 0.492 e. The van der Waals surface area contributed by atoms with Gasteiger partial charge < -0.3 is 19.5 Å². The van der Waals surface area contributed by atoms with Gasteiger partial charge in [-0.2, -0.15) is 5.10 Å². The highest BCUT2D eigenvalue weighted by Crippen LogP contribution is 2.44. The zero-order chi connectivity index (χ0) is 21.8. The van der Waals surface area contributed by atoms with E-state index in [2.05, 4.69) is 10.4 Å². The zero-order valence-electron chi connectivity index (χ0n) is 17.7. The van der Waals surface area contributed by atoms with Gasteiger partial charge in [-0.1, -0.05) is 18.5 Å². The summed E-state index contributed by atoms with van der Waals surface area (Å²) in [6.07, 6.45) is 2.77. The molecular weight excluding hydrogens is 412 g/mol. The molecule has 1 aliphatic heterocycles. The average molecular weight is 439 g/mol. The third kappa shape index (κ3) is 4.12. The van der Waals surface area contributed by atoms with Crippen LogP contribution in [0.2, 0.25) is 5.02 Å². The maximum atomic E-state index is 13.0. The summed E-state index contributed by atoms with van der Waals surface area (Å²) in [4.78, 5) is 25.5. The standard InChI is InChI=1S/C20H27ClN4O5/c1-5-9-25-20(27)24-10-8-12(6-7-15(24)23-25)22-19(26)13-11-14(21)17(29-3)18(30-4)16(13)28-2/h11-12H,5-10H2,1-4H3,(H,22,26). The summed E-state index contributed by atoms with van der Waals surface area (Å²) in [5.41, 5.74) is 0.166. The highest BCUT2D eigenvalue weighted by atomic mass is 35.5. The molecule has 1 N–H and O–H groups in total. The molecule has 1 amide bonds. The minimum absolute atomic E-state index is 0.0906. The third-order valence-electron chi connectivity index (χ3n) is 5.19. The lowest BCUT2D eigenvalue weighted by atomic mass is 10.1. The first-order valence-electron chi connectivity index (χ1n) is 9.90. The number of aryl methyl sites for hydroxylation is 2. The van der Waals surface area contributed by atoms with Crippen molar-refractivity contribution in [3.05, 3.63) is 33.0 Å². The number of rotatable bonds is 7. The number of nitrogens with zero attached hydrogens (tertiary/aromatic N) is 3. The summed E-state index contributed by atoms with van der Waals surface area (Å²) in [6, 6.07) is 1.39. The fourth-order valence-corrected chi connectivity index (χ4v) is 4.00. The van der Waals surface area contributed by atoms with Crippen LogP contribution in [0.15, 0.2) is 10.9 Å². The van der Waals surface area contributed by atoms with E-state index in [9.17, 15) is 9.59 Å². The maximum absolute atomic E-state index is 13.0. The summed E-state index contributed by atoms with van der Waals surface area (Å²) in [5, 5.41) is 7.71. The molecule has 1 aliphatic rings. The van der Waals surface area contributed by atoms with Crippen LogP contribution in [0, 0.1) is 0 Å². The first-order chi connectivity index (χ1) is 14.4. The number of fused-ring (bicyclic) bond motifs is 1. The van der Waals surface area contributed by atoms with E-state index < -0.39 is 0 Å². The van der Waals surface area contributed by atoms with E-state index in [4.69, 9.17) is 25.8 Å². The van der Waals surface area contributed by atoms with Crippen LogP contribution in [0.1, 0.15) is 42.4 Å². The molecule has 2 heterocycles. The van der Waals surface area contributed by atoms with Crippen LogP contribution < -0.4 is 25.2 Å². The number of carbonyl (C=O) groups excluding carboxylic acids is 1. The molecular formula is C20H27ClN4O5. The number of aromatic nitrogens is 3. The number of hydrogen-bond donors (Lipinski definition) is 1. The van der Waals surface area contributed by atoms with Crippen LogP contribution in [0.25, 0.3) is 0 Å². The van der Waals surface area contributed by atoms with E-state index in [1.54, 1.807) is 4.57 Å². The quantitative estimate of drug-likeness (QED) is 0.712. The van der Waals surface area contributed by atoms with Crippen LogP contribution >= 0.6 is 11.6 Å². The molecule has 9 nitrogen and oxygen atoms in total. The first kappa shape index (κ1) is 22.0. The lowest BCUT2D eigenvalue weighted by Crippen LogP contribution is -2.36. The van der Waals surface area contributed by atoms with Gasteiger partial charge in [-0.15, -0.1) is 0 Å². The second-order valence-corrected chi connectivity index (χ2v) is 7.48. The van der Waals surface area contributed by atoms with Crippen molar-refractivity contribution in [3.63, 3.8) is 0 Å². The lowest BCUT2D eigenvalue weighted by molar-refractivity contribution is 0.0929. The van der Waals surface area contributed by atoms with Crippen LogP contribution in [0.4, 0.5) is 0 Å². The molecule has 0 radical (unpaired) electrons. The Bertz CT molecular complexity index is 985. The molecule has 2 aromatic rings. The topological polar surface area (TPSA) is 96.6 Å². The van der Waals surface area contributed by atoms with Gasteiger partial charge in [0, 0.05) is 25.6 Å². The third-order valence-corrected chi connectivity index (χ3v) is 5.47. The molecule has 1 unspecified atom stereocenters. The predicted molar refractivity (Wildman–Crippen MR) is 112 cm³/mol. The molecule has 164 valence electrons. The van der Waals surface area contributed by atoms with Crippen LogP contribution in [-0.2, 0) is 19.5 Å². The Hall–Kier alpha value is -2.68. The minimum Gasteiger partial charge on any atom is -0.492 e. The van der Waals surface area contributed by atoms with E-state index in [-0.39, 0.29) is 39.7 Å². The second-order valence-electron chi connectivity index (χ2n) is 7.08. The molecule has 30 heavy (non-hydrogen) atoms. The van der Waals surface area contributed by atoms with Gasteiger partial charge in [0.2, 0.25) is 5.75 Å². The molecule has 1 aromatic heterocycles. The lowest BCUT2D eigenvalue weighted by Gasteiger charge is -2.20. The summed E-state index contributed by atoms with van der Waals surface area (Å²) >= 11 is 6.27. The monoisotopic (exact) mass is 438 g/mol. The molecule has 0 fully saturated rings. The van der Waals surface area contributed by atoms with E-state index in [1.165, 1.54) is 32.1 Å². The Morgan fingerprint density at radius 1 is 1.20 bits per heavy atom. The molecule has 0 saturated heterocycles. The number of methoxy groups -OCH3 is 3. The normalized spacial score (nSPS) is 15.8. The molecule has 10 heteroatoms. The summed E-state index contributed by atoms with van der Waals surface area (Å²) in [5.74, 6) is 1.24. The summed E-state index contributed by atoms with van der Waals surface area (Å²) < 4.78 is 19.2. The molecule has 0 saturated carbocycles. The van der Waals surface area contributed by atoms with Gasteiger partial charge in [-0.3, -0.25) is 9.36 Å². The Morgan fingerprint density at radius 2 is 1.90 bits per heavy atom. The van der Waals surface area contributed by atoms with Crippen molar-refractivity contribution in [1.29, 1.82) is 0 Å². The van der Waals surface area contributed by atoms with Gasteiger partial charge in [0.15, 0.2) is 11.5 Å². The number of nitrogens with one attached hydrogen (secondary N) is 1. The van der Waals surface area contributed by atoms with Crippen molar-refractivity contribution in [2.75, 3.05) is 21.3 Å². The summed E-state index contributed by atoms with van der Waals surface area (Å²) in [6.45, 7) is 3.13. The Labute approximate surface area is 179 Å². The smallest absolute Gasteiger partial charge is 0.345 e. The number of carbonyl (C=O) groups is 1. The van der Waals surface area contributed by atoms with E-state index in [0.29, 0.717) is 38.1 Å². The Morgan fingerprint density at radius 3 is 2.53 bits per heavy atom. The number of benzene rings is 1. The molecule has 0 bridgehead atoms. The predicted octanol–water partition coefficient (Wildman–Crippen LogP) is 2.27. The van der Waals surface area contributed by atoms with Crippen molar-refractivity contribution in [3.8, 4) is 17.2 Å². The Kier molecular flexibility index (Phi) is 6.91. The molecule has 0 spiro atoms. The molecule has 1 atom stereocenters. The van der Waals surface area contributed by atoms with Gasteiger partial charge >= 0.3 is 5.69 Å². The van der Waals surface area contributed by atoms with E-state index in [1.807, 2.05) is 6.92 Å². The van der Waals surface area contributed by atoms with Gasteiger partial charge in [-0.25, -0.2) is 9.48 Å². The number of halogens is 1. The van der Waals surface area contributed by atoms with Crippen molar-refractivity contribution in [2.45, 2.75) is 51.7 Å². The number of amides is 1. The van der Waals surface area contributed by atoms with Gasteiger partial charge in [0.1, 0.15) is 5.82 Å². The average Bonchev–Trinajstić information content (AvgIpc) is 2.90. The molecule has 1 aromatic carbocycles.